The molecular weight excluding hydrogens is 308 g/mol. The molecule has 4 nitrogen and oxygen atoms in total. The van der Waals surface area contributed by atoms with Crippen molar-refractivity contribution in [3.8, 4) is 0 Å². The maximum Gasteiger partial charge on any atom is 0.133 e. The summed E-state index contributed by atoms with van der Waals surface area (Å²) in [6.07, 6.45) is 0.724. The molecule has 2 heterocycles. The molecule has 1 unspecified atom stereocenters. The van der Waals surface area contributed by atoms with Gasteiger partial charge in [-0.2, -0.15) is 5.10 Å². The molecule has 1 N–H and O–H groups in total. The molecule has 1 atom stereocenters. The minimum absolute atomic E-state index is 0.494. The smallest absolute Gasteiger partial charge is 0.133 e. The lowest BCUT2D eigenvalue weighted by atomic mass is 10.1. The highest BCUT2D eigenvalue weighted by molar-refractivity contribution is 9.10. The van der Waals surface area contributed by atoms with Gasteiger partial charge in [0.05, 0.1) is 15.9 Å². The van der Waals surface area contributed by atoms with Crippen LogP contribution in [-0.2, 0) is 19.4 Å². The third kappa shape index (κ3) is 2.92. The molecule has 0 aliphatic heterocycles. The molecule has 0 aromatic carbocycles. The summed E-state index contributed by atoms with van der Waals surface area (Å²) in [6.45, 7) is 6.78. The van der Waals surface area contributed by atoms with Crippen LogP contribution in [0.2, 0.25) is 0 Å². The highest BCUT2D eigenvalue weighted by Crippen LogP contribution is 2.28. The number of rotatable bonds is 5. The second-order valence-corrected chi connectivity index (χ2v) is 5.34. The highest BCUT2D eigenvalue weighted by Gasteiger charge is 2.20. The van der Waals surface area contributed by atoms with E-state index < -0.39 is 6.10 Å². The van der Waals surface area contributed by atoms with E-state index in [0.717, 1.165) is 34.6 Å². The number of aromatic nitrogens is 2. The average Bonchev–Trinajstić information content (AvgIpc) is 2.95. The van der Waals surface area contributed by atoms with Crippen LogP contribution in [0.1, 0.15) is 42.9 Å². The summed E-state index contributed by atoms with van der Waals surface area (Å²) in [7, 11) is 0. The number of hydrogen-bond donors (Lipinski definition) is 1. The van der Waals surface area contributed by atoms with E-state index in [0.29, 0.717) is 12.2 Å². The Morgan fingerprint density at radius 2 is 2.16 bits per heavy atom. The topological polar surface area (TPSA) is 51.2 Å². The molecule has 0 fully saturated rings. The van der Waals surface area contributed by atoms with Crippen LogP contribution in [0.25, 0.3) is 0 Å². The summed E-state index contributed by atoms with van der Waals surface area (Å²) in [5, 5.41) is 14.8. The van der Waals surface area contributed by atoms with Gasteiger partial charge in [0.25, 0.3) is 0 Å². The van der Waals surface area contributed by atoms with Crippen LogP contribution in [0, 0.1) is 6.92 Å². The molecule has 2 aromatic heterocycles. The molecule has 0 saturated carbocycles. The van der Waals surface area contributed by atoms with E-state index in [-0.39, 0.29) is 0 Å². The Bertz CT molecular complexity index is 560. The fraction of sp³-hybridized carbons (Fsp3) is 0.500. The molecule has 5 heteroatoms. The Morgan fingerprint density at radius 1 is 1.42 bits per heavy atom. The van der Waals surface area contributed by atoms with Crippen LogP contribution in [0.3, 0.4) is 0 Å². The fourth-order valence-corrected chi connectivity index (χ4v) is 2.85. The van der Waals surface area contributed by atoms with Gasteiger partial charge >= 0.3 is 0 Å². The molecule has 0 aliphatic rings. The first-order valence-electron chi connectivity index (χ1n) is 6.55. The first kappa shape index (κ1) is 14.3. The van der Waals surface area contributed by atoms with Crippen molar-refractivity contribution in [1.29, 1.82) is 0 Å². The Hall–Kier alpha value is -1.07. The van der Waals surface area contributed by atoms with Crippen molar-refractivity contribution in [3.63, 3.8) is 0 Å². The number of furan rings is 1. The van der Waals surface area contributed by atoms with Crippen LogP contribution in [0.4, 0.5) is 0 Å². The maximum atomic E-state index is 10.3. The largest absolute Gasteiger partial charge is 0.464 e. The number of aryl methyl sites for hydroxylation is 3. The lowest BCUT2D eigenvalue weighted by Gasteiger charge is -2.10. The average molecular weight is 327 g/mol. The molecule has 0 amide bonds. The van der Waals surface area contributed by atoms with Gasteiger partial charge < -0.3 is 9.52 Å². The Balaban J connectivity index is 2.25. The zero-order chi connectivity index (χ0) is 14.0. The second-order valence-electron chi connectivity index (χ2n) is 4.55. The van der Waals surface area contributed by atoms with Gasteiger partial charge in [-0.15, -0.1) is 0 Å². The first-order chi connectivity index (χ1) is 9.06. The van der Waals surface area contributed by atoms with Gasteiger partial charge in [0.1, 0.15) is 17.6 Å². The normalized spacial score (nSPS) is 12.9. The van der Waals surface area contributed by atoms with Gasteiger partial charge in [0, 0.05) is 13.0 Å². The van der Waals surface area contributed by atoms with Crippen molar-refractivity contribution in [2.24, 2.45) is 0 Å². The number of nitrogens with zero attached hydrogens (tertiary/aromatic N) is 2. The number of aliphatic hydroxyl groups is 1. The maximum absolute atomic E-state index is 10.3. The van der Waals surface area contributed by atoms with Crippen LogP contribution >= 0.6 is 15.9 Å². The molecule has 19 heavy (non-hydrogen) atoms. The predicted molar refractivity (Wildman–Crippen MR) is 77.1 cm³/mol. The zero-order valence-corrected chi connectivity index (χ0v) is 13.1. The number of halogens is 1. The van der Waals surface area contributed by atoms with E-state index in [1.165, 1.54) is 0 Å². The lowest BCUT2D eigenvalue weighted by Crippen LogP contribution is -2.08. The van der Waals surface area contributed by atoms with E-state index in [9.17, 15) is 5.11 Å². The van der Waals surface area contributed by atoms with Gasteiger partial charge in [-0.05, 0) is 48.3 Å². The Morgan fingerprint density at radius 3 is 2.68 bits per heavy atom. The molecule has 0 bridgehead atoms. The first-order valence-corrected chi connectivity index (χ1v) is 7.34. The van der Waals surface area contributed by atoms with E-state index in [2.05, 4.69) is 28.0 Å². The van der Waals surface area contributed by atoms with Crippen molar-refractivity contribution in [2.45, 2.75) is 46.3 Å². The molecule has 2 rings (SSSR count). The molecule has 0 radical (unpaired) electrons. The molecule has 2 aromatic rings. The van der Waals surface area contributed by atoms with Crippen LogP contribution < -0.4 is 0 Å². The van der Waals surface area contributed by atoms with Gasteiger partial charge in [0.15, 0.2) is 0 Å². The SMILES string of the molecule is CCc1nn(CC)c(CC(O)c2ccc(C)o2)c1Br. The minimum Gasteiger partial charge on any atom is -0.464 e. The minimum atomic E-state index is -0.642. The molecule has 0 spiro atoms. The van der Waals surface area contributed by atoms with Crippen molar-refractivity contribution in [1.82, 2.24) is 9.78 Å². The van der Waals surface area contributed by atoms with Gasteiger partial charge in [-0.3, -0.25) is 4.68 Å². The van der Waals surface area contributed by atoms with Crippen LogP contribution in [0.15, 0.2) is 21.0 Å². The van der Waals surface area contributed by atoms with Crippen molar-refractivity contribution >= 4 is 15.9 Å². The van der Waals surface area contributed by atoms with Gasteiger partial charge in [-0.25, -0.2) is 0 Å². The molecule has 0 saturated heterocycles. The van der Waals surface area contributed by atoms with Crippen molar-refractivity contribution in [2.75, 3.05) is 0 Å². The predicted octanol–water partition coefficient (Wildman–Crippen LogP) is 3.41. The third-order valence-corrected chi connectivity index (χ3v) is 4.09. The summed E-state index contributed by atoms with van der Waals surface area (Å²) < 4.78 is 8.40. The van der Waals surface area contributed by atoms with Crippen LogP contribution in [-0.4, -0.2) is 14.9 Å². The molecule has 0 aliphatic carbocycles. The molecular formula is C14H19BrN2O2. The summed E-state index contributed by atoms with van der Waals surface area (Å²) in [5.74, 6) is 1.41. The summed E-state index contributed by atoms with van der Waals surface area (Å²) in [6, 6.07) is 3.68. The zero-order valence-electron chi connectivity index (χ0n) is 11.5. The van der Waals surface area contributed by atoms with Gasteiger partial charge in [-0.1, -0.05) is 6.92 Å². The van der Waals surface area contributed by atoms with E-state index >= 15 is 0 Å². The third-order valence-electron chi connectivity index (χ3n) is 3.17. The van der Waals surface area contributed by atoms with Crippen LogP contribution in [0.5, 0.6) is 0 Å². The summed E-state index contributed by atoms with van der Waals surface area (Å²) in [4.78, 5) is 0. The van der Waals surface area contributed by atoms with E-state index in [1.807, 2.05) is 30.7 Å². The molecule has 104 valence electrons. The second kappa shape index (κ2) is 5.92. The van der Waals surface area contributed by atoms with E-state index in [1.54, 1.807) is 0 Å². The standard InChI is InChI=1S/C14H19BrN2O2/c1-4-10-14(15)11(17(5-2)16-10)8-12(18)13-7-6-9(3)19-13/h6-7,12,18H,4-5,8H2,1-3H3. The summed E-state index contributed by atoms with van der Waals surface area (Å²) in [5.41, 5.74) is 2.04. The Labute approximate surface area is 121 Å². The van der Waals surface area contributed by atoms with Crippen molar-refractivity contribution < 1.29 is 9.52 Å². The number of aliphatic hydroxyl groups excluding tert-OH is 1. The highest BCUT2D eigenvalue weighted by atomic mass is 79.9. The van der Waals surface area contributed by atoms with Gasteiger partial charge in [0.2, 0.25) is 0 Å². The quantitative estimate of drug-likeness (QED) is 0.916. The number of hydrogen-bond acceptors (Lipinski definition) is 3. The van der Waals surface area contributed by atoms with E-state index in [4.69, 9.17) is 4.42 Å². The van der Waals surface area contributed by atoms with Crippen molar-refractivity contribution in [3.05, 3.63) is 39.5 Å². The summed E-state index contributed by atoms with van der Waals surface area (Å²) >= 11 is 3.58. The fourth-order valence-electron chi connectivity index (χ4n) is 2.13. The monoisotopic (exact) mass is 326 g/mol. The lowest BCUT2D eigenvalue weighted by molar-refractivity contribution is 0.146. The Kier molecular flexibility index (Phi) is 4.47.